The maximum absolute atomic E-state index is 11.2. The van der Waals surface area contributed by atoms with Gasteiger partial charge in [-0.05, 0) is 0 Å². The van der Waals surface area contributed by atoms with Crippen LogP contribution < -0.4 is 0 Å². The second-order valence-electron chi connectivity index (χ2n) is 3.41. The van der Waals surface area contributed by atoms with Crippen LogP contribution in [0.4, 0.5) is 0 Å². The van der Waals surface area contributed by atoms with Crippen molar-refractivity contribution in [2.45, 2.75) is 13.5 Å². The van der Waals surface area contributed by atoms with E-state index < -0.39 is 11.9 Å². The van der Waals surface area contributed by atoms with E-state index in [-0.39, 0.29) is 18.4 Å². The molecule has 2 aromatic rings. The normalized spacial score (nSPS) is 10.2. The van der Waals surface area contributed by atoms with Crippen LogP contribution in [0, 0.1) is 0 Å². The number of nitrogens with zero attached hydrogens (tertiary/aromatic N) is 5. The van der Waals surface area contributed by atoms with Crippen molar-refractivity contribution in [2.24, 2.45) is 0 Å². The Morgan fingerprint density at radius 3 is 2.95 bits per heavy atom. The van der Waals surface area contributed by atoms with Crippen LogP contribution in [0.15, 0.2) is 6.20 Å². The number of esters is 2. The number of ether oxygens (including phenoxy) is 2. The number of aromatic nitrogens is 6. The number of nitrogens with one attached hydrogen (secondary N) is 1. The molecule has 100 valence electrons. The van der Waals surface area contributed by atoms with Crippen molar-refractivity contribution in [3.05, 3.63) is 17.7 Å². The van der Waals surface area contributed by atoms with Crippen molar-refractivity contribution in [3.8, 4) is 5.95 Å². The second kappa shape index (κ2) is 5.25. The zero-order valence-corrected chi connectivity index (χ0v) is 10.2. The third-order valence-electron chi connectivity index (χ3n) is 2.02. The summed E-state index contributed by atoms with van der Waals surface area (Å²) in [5.41, 5.74) is 0.430. The highest BCUT2D eigenvalue weighted by Gasteiger charge is 2.14. The predicted octanol–water partition coefficient (Wildman–Crippen LogP) is -0.765. The van der Waals surface area contributed by atoms with Gasteiger partial charge in [-0.3, -0.25) is 9.89 Å². The maximum atomic E-state index is 11.2. The molecule has 0 aromatic carbocycles. The molecule has 0 atom stereocenters. The average molecular weight is 266 g/mol. The fourth-order valence-electron chi connectivity index (χ4n) is 1.18. The Morgan fingerprint density at radius 1 is 1.47 bits per heavy atom. The monoisotopic (exact) mass is 266 g/mol. The molecule has 0 unspecified atom stereocenters. The van der Waals surface area contributed by atoms with Gasteiger partial charge in [0.2, 0.25) is 5.82 Å². The van der Waals surface area contributed by atoms with E-state index >= 15 is 0 Å². The zero-order valence-electron chi connectivity index (χ0n) is 10.2. The van der Waals surface area contributed by atoms with Gasteiger partial charge in [0.05, 0.1) is 13.3 Å². The molecule has 10 nitrogen and oxygen atoms in total. The van der Waals surface area contributed by atoms with Crippen LogP contribution in [-0.2, 0) is 20.9 Å². The first kappa shape index (κ1) is 12.7. The number of carbonyl (C=O) groups excluding carboxylic acids is 2. The molecule has 0 radical (unpaired) electrons. The topological polar surface area (TPSA) is 125 Å². The molecule has 10 heteroatoms. The molecule has 0 amide bonds. The molecule has 1 N–H and O–H groups in total. The van der Waals surface area contributed by atoms with Gasteiger partial charge in [0.15, 0.2) is 0 Å². The lowest BCUT2D eigenvalue weighted by Crippen LogP contribution is -2.04. The van der Waals surface area contributed by atoms with Gasteiger partial charge in [-0.2, -0.15) is 9.67 Å². The van der Waals surface area contributed by atoms with Crippen molar-refractivity contribution in [1.29, 1.82) is 0 Å². The number of hydrogen-bond acceptors (Lipinski definition) is 8. The van der Waals surface area contributed by atoms with Crippen molar-refractivity contribution in [1.82, 2.24) is 30.2 Å². The molecule has 0 aliphatic rings. The predicted molar refractivity (Wildman–Crippen MR) is 58.1 cm³/mol. The van der Waals surface area contributed by atoms with E-state index in [1.807, 2.05) is 0 Å². The smallest absolute Gasteiger partial charge is 0.375 e. The van der Waals surface area contributed by atoms with E-state index in [4.69, 9.17) is 4.74 Å². The minimum atomic E-state index is -0.640. The van der Waals surface area contributed by atoms with E-state index in [2.05, 4.69) is 30.2 Å². The largest absolute Gasteiger partial charge is 0.463 e. The SMILES string of the molecule is COC(=O)c1nc(-n2cc(COC(C)=O)nn2)n[nH]1. The lowest BCUT2D eigenvalue weighted by molar-refractivity contribution is -0.142. The molecule has 0 bridgehead atoms. The molecule has 2 heterocycles. The maximum Gasteiger partial charge on any atom is 0.375 e. The Bertz CT molecular complexity index is 603. The minimum Gasteiger partial charge on any atom is -0.463 e. The summed E-state index contributed by atoms with van der Waals surface area (Å²) in [7, 11) is 1.23. The summed E-state index contributed by atoms with van der Waals surface area (Å²) in [6.45, 7) is 1.30. The third kappa shape index (κ3) is 2.91. The number of carbonyl (C=O) groups is 2. The van der Waals surface area contributed by atoms with Crippen LogP contribution >= 0.6 is 0 Å². The Kier molecular flexibility index (Phi) is 3.50. The molecule has 0 fully saturated rings. The van der Waals surface area contributed by atoms with Gasteiger partial charge in [-0.1, -0.05) is 5.21 Å². The molecular weight excluding hydrogens is 256 g/mol. The second-order valence-corrected chi connectivity index (χ2v) is 3.41. The Labute approximate surface area is 106 Å². The van der Waals surface area contributed by atoms with E-state index in [0.29, 0.717) is 5.69 Å². The molecule has 2 rings (SSSR count). The van der Waals surface area contributed by atoms with Gasteiger partial charge in [-0.25, -0.2) is 4.79 Å². The van der Waals surface area contributed by atoms with E-state index in [9.17, 15) is 9.59 Å². The van der Waals surface area contributed by atoms with Crippen LogP contribution in [0.2, 0.25) is 0 Å². The van der Waals surface area contributed by atoms with Crippen LogP contribution in [-0.4, -0.2) is 49.2 Å². The van der Waals surface area contributed by atoms with Gasteiger partial charge in [-0.15, -0.1) is 10.2 Å². The Balaban J connectivity index is 2.12. The van der Waals surface area contributed by atoms with E-state index in [1.54, 1.807) is 0 Å². The van der Waals surface area contributed by atoms with E-state index in [0.717, 1.165) is 0 Å². The molecule has 2 aromatic heterocycles. The minimum absolute atomic E-state index is 0.00359. The molecular formula is C9H10N6O4. The van der Waals surface area contributed by atoms with Crippen molar-refractivity contribution in [3.63, 3.8) is 0 Å². The standard InChI is InChI=1S/C9H10N6O4/c1-5(16)19-4-6-3-15(14-11-6)9-10-7(12-13-9)8(17)18-2/h3H,4H2,1-2H3,(H,10,12,13). The summed E-state index contributed by atoms with van der Waals surface area (Å²) >= 11 is 0. The lowest BCUT2D eigenvalue weighted by Gasteiger charge is -1.95. The van der Waals surface area contributed by atoms with Gasteiger partial charge in [0.25, 0.3) is 5.95 Å². The Hall–Kier alpha value is -2.78. The van der Waals surface area contributed by atoms with Crippen molar-refractivity contribution < 1.29 is 19.1 Å². The molecule has 0 saturated carbocycles. The van der Waals surface area contributed by atoms with Gasteiger partial charge in [0.1, 0.15) is 12.3 Å². The summed E-state index contributed by atoms with van der Waals surface area (Å²) in [4.78, 5) is 25.7. The Morgan fingerprint density at radius 2 is 2.26 bits per heavy atom. The fraction of sp³-hybridized carbons (Fsp3) is 0.333. The quantitative estimate of drug-likeness (QED) is 0.715. The first-order valence-electron chi connectivity index (χ1n) is 5.16. The highest BCUT2D eigenvalue weighted by molar-refractivity contribution is 5.84. The van der Waals surface area contributed by atoms with Gasteiger partial charge >= 0.3 is 11.9 Å². The lowest BCUT2D eigenvalue weighted by atomic mass is 10.5. The fourth-order valence-corrected chi connectivity index (χ4v) is 1.18. The average Bonchev–Trinajstić information content (AvgIpc) is 3.03. The van der Waals surface area contributed by atoms with E-state index in [1.165, 1.54) is 24.9 Å². The number of H-pyrrole nitrogens is 1. The molecule has 0 aliphatic carbocycles. The van der Waals surface area contributed by atoms with Crippen LogP contribution in [0.25, 0.3) is 5.95 Å². The van der Waals surface area contributed by atoms with Crippen LogP contribution in [0.3, 0.4) is 0 Å². The van der Waals surface area contributed by atoms with Crippen molar-refractivity contribution in [2.75, 3.05) is 7.11 Å². The number of aromatic amines is 1. The molecule has 0 aliphatic heterocycles. The summed E-state index contributed by atoms with van der Waals surface area (Å²) in [5.74, 6) is -0.976. The van der Waals surface area contributed by atoms with Crippen LogP contribution in [0.1, 0.15) is 23.2 Å². The van der Waals surface area contributed by atoms with Gasteiger partial charge < -0.3 is 9.47 Å². The van der Waals surface area contributed by atoms with Crippen LogP contribution in [0.5, 0.6) is 0 Å². The third-order valence-corrected chi connectivity index (χ3v) is 2.02. The van der Waals surface area contributed by atoms with Gasteiger partial charge in [0, 0.05) is 6.92 Å². The summed E-state index contributed by atoms with van der Waals surface area (Å²) in [6.07, 6.45) is 1.48. The summed E-state index contributed by atoms with van der Waals surface area (Å²) in [5, 5.41) is 13.7. The molecule has 0 saturated heterocycles. The molecule has 0 spiro atoms. The summed E-state index contributed by atoms with van der Waals surface area (Å²) in [6, 6.07) is 0. The number of methoxy groups -OCH3 is 1. The van der Waals surface area contributed by atoms with Crippen molar-refractivity contribution >= 4 is 11.9 Å². The first-order valence-corrected chi connectivity index (χ1v) is 5.16. The highest BCUT2D eigenvalue weighted by atomic mass is 16.5. The molecule has 19 heavy (non-hydrogen) atoms. The number of hydrogen-bond donors (Lipinski definition) is 1. The highest BCUT2D eigenvalue weighted by Crippen LogP contribution is 2.03. The summed E-state index contributed by atoms with van der Waals surface area (Å²) < 4.78 is 10.5. The first-order chi connectivity index (χ1) is 9.10. The zero-order chi connectivity index (χ0) is 13.8. The number of rotatable bonds is 4.